The van der Waals surface area contributed by atoms with Gasteiger partial charge in [0, 0.05) is 17.2 Å². The van der Waals surface area contributed by atoms with Crippen LogP contribution < -0.4 is 18.9 Å². The minimum absolute atomic E-state index is 0.0549. The van der Waals surface area contributed by atoms with Crippen LogP contribution in [0.3, 0.4) is 0 Å². The van der Waals surface area contributed by atoms with E-state index in [1.807, 2.05) is 0 Å². The van der Waals surface area contributed by atoms with Crippen LogP contribution in [0.4, 0.5) is 5.69 Å². The quantitative estimate of drug-likeness (QED) is 0.184. The second-order valence-corrected chi connectivity index (χ2v) is 6.85. The van der Waals surface area contributed by atoms with Crippen molar-refractivity contribution in [2.24, 2.45) is 0 Å². The number of hydrogen-bond donors (Lipinski definition) is 0. The molecule has 0 aliphatic carbocycles. The van der Waals surface area contributed by atoms with Crippen molar-refractivity contribution in [2.75, 3.05) is 21.3 Å². The van der Waals surface area contributed by atoms with Gasteiger partial charge in [0.25, 0.3) is 0 Å². The standard InChI is InChI=1S/C25H23NO7/c1-30-22-12-9-17(8-11-21(27)18-10-13-24(31-2)25(15-18)32-3)14-19(22)16-33-23-7-5-4-6-20(23)26(28)29/h4-15H,16H2,1-3H3/b11-8+. The van der Waals surface area contributed by atoms with E-state index in [2.05, 4.69) is 0 Å². The number of ketones is 1. The number of para-hydroxylation sites is 2. The van der Waals surface area contributed by atoms with Crippen LogP contribution in [0.2, 0.25) is 0 Å². The average molecular weight is 449 g/mol. The second-order valence-electron chi connectivity index (χ2n) is 6.85. The van der Waals surface area contributed by atoms with Gasteiger partial charge in [0.15, 0.2) is 23.0 Å². The molecular formula is C25H23NO7. The van der Waals surface area contributed by atoms with Gasteiger partial charge in [0.1, 0.15) is 12.4 Å². The highest BCUT2D eigenvalue weighted by atomic mass is 16.6. The Morgan fingerprint density at radius 1 is 0.879 bits per heavy atom. The normalized spacial score (nSPS) is 10.6. The number of carbonyl (C=O) groups excluding carboxylic acids is 1. The Bertz CT molecular complexity index is 1190. The van der Waals surface area contributed by atoms with E-state index in [9.17, 15) is 14.9 Å². The maximum atomic E-state index is 12.6. The molecule has 0 unspecified atom stereocenters. The monoisotopic (exact) mass is 449 g/mol. The van der Waals surface area contributed by atoms with E-state index < -0.39 is 4.92 Å². The lowest BCUT2D eigenvalue weighted by Crippen LogP contribution is -2.01. The maximum Gasteiger partial charge on any atom is 0.310 e. The zero-order valence-electron chi connectivity index (χ0n) is 18.4. The summed E-state index contributed by atoms with van der Waals surface area (Å²) in [7, 11) is 4.56. The van der Waals surface area contributed by atoms with Gasteiger partial charge < -0.3 is 18.9 Å². The molecule has 0 N–H and O–H groups in total. The first kappa shape index (κ1) is 23.3. The summed E-state index contributed by atoms with van der Waals surface area (Å²) in [5.74, 6) is 1.53. The van der Waals surface area contributed by atoms with Gasteiger partial charge in [-0.1, -0.05) is 24.3 Å². The molecule has 0 radical (unpaired) electrons. The highest BCUT2D eigenvalue weighted by Gasteiger charge is 2.15. The third kappa shape index (κ3) is 5.68. The number of carbonyl (C=O) groups is 1. The fourth-order valence-electron chi connectivity index (χ4n) is 3.16. The van der Waals surface area contributed by atoms with Crippen molar-refractivity contribution in [3.8, 4) is 23.0 Å². The van der Waals surface area contributed by atoms with E-state index in [4.69, 9.17) is 18.9 Å². The fraction of sp³-hybridized carbons (Fsp3) is 0.160. The molecule has 0 saturated carbocycles. The highest BCUT2D eigenvalue weighted by molar-refractivity contribution is 6.07. The average Bonchev–Trinajstić information content (AvgIpc) is 2.85. The Morgan fingerprint density at radius 3 is 2.27 bits per heavy atom. The molecule has 0 bridgehead atoms. The molecule has 3 rings (SSSR count). The number of ether oxygens (including phenoxy) is 4. The first-order valence-corrected chi connectivity index (χ1v) is 9.94. The van der Waals surface area contributed by atoms with E-state index >= 15 is 0 Å². The van der Waals surface area contributed by atoms with Gasteiger partial charge in [-0.15, -0.1) is 0 Å². The number of nitrogens with zero attached hydrogens (tertiary/aromatic N) is 1. The molecular weight excluding hydrogens is 426 g/mol. The highest BCUT2D eigenvalue weighted by Crippen LogP contribution is 2.30. The molecule has 0 aromatic heterocycles. The summed E-state index contributed by atoms with van der Waals surface area (Å²) in [4.78, 5) is 23.3. The first-order valence-electron chi connectivity index (χ1n) is 9.94. The molecule has 0 fully saturated rings. The van der Waals surface area contributed by atoms with Crippen LogP contribution in [-0.4, -0.2) is 32.0 Å². The van der Waals surface area contributed by atoms with Gasteiger partial charge in [-0.3, -0.25) is 14.9 Å². The van der Waals surface area contributed by atoms with E-state index in [1.54, 1.807) is 54.6 Å². The first-order chi connectivity index (χ1) is 16.0. The third-order valence-electron chi connectivity index (χ3n) is 4.84. The van der Waals surface area contributed by atoms with E-state index in [-0.39, 0.29) is 23.8 Å². The van der Waals surface area contributed by atoms with E-state index in [0.717, 1.165) is 5.56 Å². The molecule has 170 valence electrons. The molecule has 8 heteroatoms. The summed E-state index contributed by atoms with van der Waals surface area (Å²) in [6.07, 6.45) is 3.13. The van der Waals surface area contributed by atoms with Crippen molar-refractivity contribution in [2.45, 2.75) is 6.61 Å². The Labute approximate surface area is 191 Å². The smallest absolute Gasteiger partial charge is 0.310 e. The van der Waals surface area contributed by atoms with E-state index in [0.29, 0.717) is 28.4 Å². The lowest BCUT2D eigenvalue weighted by molar-refractivity contribution is -0.385. The Kier molecular flexibility index (Phi) is 7.64. The van der Waals surface area contributed by atoms with Crippen LogP contribution in [-0.2, 0) is 6.61 Å². The van der Waals surface area contributed by atoms with Gasteiger partial charge in [-0.05, 0) is 48.0 Å². The van der Waals surface area contributed by atoms with Crippen LogP contribution in [0.5, 0.6) is 23.0 Å². The van der Waals surface area contributed by atoms with Gasteiger partial charge in [-0.2, -0.15) is 0 Å². The minimum atomic E-state index is -0.495. The zero-order chi connectivity index (χ0) is 23.8. The number of methoxy groups -OCH3 is 3. The molecule has 3 aromatic rings. The lowest BCUT2D eigenvalue weighted by Gasteiger charge is -2.11. The van der Waals surface area contributed by atoms with E-state index in [1.165, 1.54) is 39.5 Å². The minimum Gasteiger partial charge on any atom is -0.496 e. The number of allylic oxidation sites excluding steroid dienone is 1. The molecule has 0 amide bonds. The number of hydrogen-bond acceptors (Lipinski definition) is 7. The van der Waals surface area contributed by atoms with Crippen molar-refractivity contribution in [1.82, 2.24) is 0 Å². The molecule has 3 aromatic carbocycles. The predicted molar refractivity (Wildman–Crippen MR) is 123 cm³/mol. The number of rotatable bonds is 10. The molecule has 8 nitrogen and oxygen atoms in total. The zero-order valence-corrected chi connectivity index (χ0v) is 18.4. The summed E-state index contributed by atoms with van der Waals surface area (Å²) < 4.78 is 21.5. The topological polar surface area (TPSA) is 97.1 Å². The molecule has 0 aliphatic rings. The van der Waals surface area contributed by atoms with Crippen LogP contribution in [0.15, 0.2) is 66.7 Å². The maximum absolute atomic E-state index is 12.6. The van der Waals surface area contributed by atoms with Gasteiger partial charge in [-0.25, -0.2) is 0 Å². The van der Waals surface area contributed by atoms with Crippen LogP contribution in [0, 0.1) is 10.1 Å². The Morgan fingerprint density at radius 2 is 1.58 bits per heavy atom. The number of benzene rings is 3. The SMILES string of the molecule is COc1ccc(/C=C/C(=O)c2ccc(OC)c(OC)c2)cc1COc1ccccc1[N+](=O)[O-]. The largest absolute Gasteiger partial charge is 0.496 e. The molecule has 0 heterocycles. The van der Waals surface area contributed by atoms with Crippen molar-refractivity contribution in [3.63, 3.8) is 0 Å². The van der Waals surface area contributed by atoms with Crippen LogP contribution in [0.1, 0.15) is 21.5 Å². The van der Waals surface area contributed by atoms with Gasteiger partial charge >= 0.3 is 5.69 Å². The van der Waals surface area contributed by atoms with Crippen LogP contribution in [0.25, 0.3) is 6.08 Å². The molecule has 0 aliphatic heterocycles. The van der Waals surface area contributed by atoms with Gasteiger partial charge in [0.05, 0.1) is 26.3 Å². The lowest BCUT2D eigenvalue weighted by atomic mass is 10.1. The second kappa shape index (κ2) is 10.8. The van der Waals surface area contributed by atoms with Crippen molar-refractivity contribution in [3.05, 3.63) is 93.5 Å². The van der Waals surface area contributed by atoms with Crippen molar-refractivity contribution >= 4 is 17.5 Å². The number of nitro groups is 1. The number of nitro benzene ring substituents is 1. The summed E-state index contributed by atoms with van der Waals surface area (Å²) in [6.45, 7) is 0.0549. The third-order valence-corrected chi connectivity index (χ3v) is 4.84. The summed E-state index contributed by atoms with van der Waals surface area (Å²) in [6, 6.07) is 16.5. The molecule has 0 saturated heterocycles. The molecule has 0 atom stereocenters. The van der Waals surface area contributed by atoms with Crippen LogP contribution >= 0.6 is 0 Å². The van der Waals surface area contributed by atoms with Crippen molar-refractivity contribution < 1.29 is 28.7 Å². The summed E-state index contributed by atoms with van der Waals surface area (Å²) in [5.41, 5.74) is 1.76. The predicted octanol–water partition coefficient (Wildman–Crippen LogP) is 5.10. The summed E-state index contributed by atoms with van der Waals surface area (Å²) >= 11 is 0. The molecule has 0 spiro atoms. The molecule has 33 heavy (non-hydrogen) atoms. The van der Waals surface area contributed by atoms with Crippen molar-refractivity contribution in [1.29, 1.82) is 0 Å². The summed E-state index contributed by atoms with van der Waals surface area (Å²) in [5, 5.41) is 11.2. The Balaban J connectivity index is 1.79. The fourth-order valence-corrected chi connectivity index (χ4v) is 3.16. The van der Waals surface area contributed by atoms with Gasteiger partial charge in [0.2, 0.25) is 0 Å². The Hall–Kier alpha value is -4.33.